The number of aryl methyl sites for hydroxylation is 3. The number of sulfonamides is 1. The van der Waals surface area contributed by atoms with Crippen LogP contribution in [0.4, 0.5) is 5.69 Å². The highest BCUT2D eigenvalue weighted by molar-refractivity contribution is 7.89. The summed E-state index contributed by atoms with van der Waals surface area (Å²) in [7, 11) is -1.79. The Morgan fingerprint density at radius 3 is 2.57 bits per heavy atom. The number of rotatable bonds is 8. The molecule has 1 N–H and O–H groups in total. The topological polar surface area (TPSA) is 84.3 Å². The Labute approximate surface area is 248 Å². The van der Waals surface area contributed by atoms with E-state index in [4.69, 9.17) is 0 Å². The minimum atomic E-state index is -3.72. The average molecular weight is 583 g/mol. The Kier molecular flexibility index (Phi) is 7.31. The average Bonchev–Trinajstić information content (AvgIpc) is 3.32. The molecule has 1 amide bonds. The first-order valence-electron chi connectivity index (χ1n) is 14.6. The van der Waals surface area contributed by atoms with E-state index in [1.54, 1.807) is 24.4 Å². The van der Waals surface area contributed by atoms with Gasteiger partial charge in [0.25, 0.3) is 0 Å². The predicted molar refractivity (Wildman–Crippen MR) is 164 cm³/mol. The number of imidazole rings is 1. The van der Waals surface area contributed by atoms with Crippen LogP contribution in [0.5, 0.6) is 0 Å². The third-order valence-corrected chi connectivity index (χ3v) is 10.6. The van der Waals surface area contributed by atoms with Crippen molar-refractivity contribution in [1.29, 1.82) is 0 Å². The van der Waals surface area contributed by atoms with Gasteiger partial charge in [-0.1, -0.05) is 62.4 Å². The maximum atomic E-state index is 14.4. The summed E-state index contributed by atoms with van der Waals surface area (Å²) in [5, 5.41) is 0. The van der Waals surface area contributed by atoms with E-state index in [9.17, 15) is 13.2 Å². The van der Waals surface area contributed by atoms with Gasteiger partial charge in [-0.15, -0.1) is 0 Å². The Balaban J connectivity index is 1.35. The van der Waals surface area contributed by atoms with Crippen molar-refractivity contribution in [2.75, 3.05) is 4.90 Å². The molecule has 2 aliphatic carbocycles. The zero-order valence-electron chi connectivity index (χ0n) is 24.6. The summed E-state index contributed by atoms with van der Waals surface area (Å²) in [6, 6.07) is 22.9. The quantitative estimate of drug-likeness (QED) is 0.274. The van der Waals surface area contributed by atoms with Gasteiger partial charge >= 0.3 is 0 Å². The zero-order chi connectivity index (χ0) is 29.6. The highest BCUT2D eigenvalue weighted by atomic mass is 32.2. The van der Waals surface area contributed by atoms with Crippen LogP contribution in [0.15, 0.2) is 90.1 Å². The molecule has 0 radical (unpaired) electrons. The lowest BCUT2D eigenvalue weighted by molar-refractivity contribution is -0.120. The van der Waals surface area contributed by atoms with Gasteiger partial charge in [0, 0.05) is 37.1 Å². The van der Waals surface area contributed by atoms with Crippen molar-refractivity contribution in [2.24, 2.45) is 18.4 Å². The molecule has 3 atom stereocenters. The van der Waals surface area contributed by atoms with Gasteiger partial charge in [-0.3, -0.25) is 4.79 Å². The molecule has 8 heteroatoms. The van der Waals surface area contributed by atoms with Crippen molar-refractivity contribution < 1.29 is 13.2 Å². The van der Waals surface area contributed by atoms with Crippen LogP contribution in [0, 0.1) is 18.3 Å². The lowest BCUT2D eigenvalue weighted by Crippen LogP contribution is -2.35. The summed E-state index contributed by atoms with van der Waals surface area (Å²) in [5.74, 6) is 0.797. The molecule has 0 unspecified atom stereocenters. The molecule has 0 spiro atoms. The zero-order valence-corrected chi connectivity index (χ0v) is 25.4. The van der Waals surface area contributed by atoms with E-state index < -0.39 is 10.0 Å². The van der Waals surface area contributed by atoms with E-state index >= 15 is 0 Å². The van der Waals surface area contributed by atoms with E-state index in [-0.39, 0.29) is 34.1 Å². The minimum absolute atomic E-state index is 0.0597. The summed E-state index contributed by atoms with van der Waals surface area (Å²) in [4.78, 5) is 21.1. The number of aromatic nitrogens is 2. The van der Waals surface area contributed by atoms with Crippen LogP contribution < -0.4 is 9.62 Å². The molecule has 1 saturated carbocycles. The predicted octanol–water partition coefficient (Wildman–Crippen LogP) is 6.06. The highest BCUT2D eigenvalue weighted by Crippen LogP contribution is 2.65. The smallest absolute Gasteiger partial charge is 0.241 e. The Hall–Kier alpha value is -3.75. The number of nitrogens with one attached hydrogen (secondary N) is 1. The van der Waals surface area contributed by atoms with Gasteiger partial charge in [0.2, 0.25) is 15.9 Å². The van der Waals surface area contributed by atoms with E-state index in [0.717, 1.165) is 41.0 Å². The molecule has 0 saturated heterocycles. The van der Waals surface area contributed by atoms with E-state index in [1.807, 2.05) is 66.0 Å². The Bertz CT molecular complexity index is 1730. The molecule has 6 rings (SSSR count). The largest absolute Gasteiger partial charge is 0.337 e. The third kappa shape index (κ3) is 5.29. The van der Waals surface area contributed by atoms with Gasteiger partial charge in [-0.05, 0) is 78.1 Å². The molecule has 218 valence electrons. The van der Waals surface area contributed by atoms with Crippen molar-refractivity contribution in [1.82, 2.24) is 14.3 Å². The lowest BCUT2D eigenvalue weighted by Gasteiger charge is -2.30. The number of carbonyl (C=O) groups is 1. The molecular formula is C34H38N4O3S. The summed E-state index contributed by atoms with van der Waals surface area (Å²) < 4.78 is 31.7. The first-order chi connectivity index (χ1) is 20.1. The first-order valence-corrected chi connectivity index (χ1v) is 16.1. The van der Waals surface area contributed by atoms with Gasteiger partial charge in [0.05, 0.1) is 17.4 Å². The third-order valence-electron chi connectivity index (χ3n) is 9.09. The summed E-state index contributed by atoms with van der Waals surface area (Å²) in [5.41, 5.74) is 4.69. The fourth-order valence-corrected chi connectivity index (χ4v) is 8.00. The minimum Gasteiger partial charge on any atom is -0.337 e. The SMILES string of the molecule is Cc1cccc(S(=O)(=O)N[C@H]2CCCc3ccc(N(Cc4nccn4C)C(=O)[C@@H]4[C@@H](c5ccccc5)C4(C)C)cc32)c1. The van der Waals surface area contributed by atoms with Gasteiger partial charge in [0.15, 0.2) is 0 Å². The maximum absolute atomic E-state index is 14.4. The second kappa shape index (κ2) is 10.8. The molecule has 3 aromatic carbocycles. The van der Waals surface area contributed by atoms with Crippen LogP contribution >= 0.6 is 0 Å². The molecule has 42 heavy (non-hydrogen) atoms. The van der Waals surface area contributed by atoms with Gasteiger partial charge in [-0.2, -0.15) is 0 Å². The fourth-order valence-electron chi connectivity index (χ4n) is 6.65. The van der Waals surface area contributed by atoms with Gasteiger partial charge in [0.1, 0.15) is 5.82 Å². The van der Waals surface area contributed by atoms with E-state index in [1.165, 1.54) is 5.56 Å². The number of benzene rings is 3. The van der Waals surface area contributed by atoms with Crippen molar-refractivity contribution >= 4 is 21.6 Å². The van der Waals surface area contributed by atoms with Crippen LogP contribution in [0.25, 0.3) is 0 Å². The second-order valence-electron chi connectivity index (χ2n) is 12.3. The number of amides is 1. The number of nitrogens with zero attached hydrogens (tertiary/aromatic N) is 3. The maximum Gasteiger partial charge on any atom is 0.241 e. The van der Waals surface area contributed by atoms with Crippen LogP contribution in [-0.4, -0.2) is 23.9 Å². The number of hydrogen-bond donors (Lipinski definition) is 1. The molecule has 1 heterocycles. The van der Waals surface area contributed by atoms with Crippen molar-refractivity contribution in [3.63, 3.8) is 0 Å². The van der Waals surface area contributed by atoms with Crippen molar-refractivity contribution in [3.8, 4) is 0 Å². The molecular weight excluding hydrogens is 544 g/mol. The molecule has 0 aliphatic heterocycles. The summed E-state index contributed by atoms with van der Waals surface area (Å²) in [6.07, 6.45) is 6.08. The first kappa shape index (κ1) is 28.4. The van der Waals surface area contributed by atoms with Crippen LogP contribution in [0.3, 0.4) is 0 Å². The van der Waals surface area contributed by atoms with Gasteiger partial charge < -0.3 is 9.47 Å². The number of carbonyl (C=O) groups excluding carboxylic acids is 1. The number of anilines is 1. The monoisotopic (exact) mass is 582 g/mol. The van der Waals surface area contributed by atoms with Crippen molar-refractivity contribution in [3.05, 3.63) is 113 Å². The van der Waals surface area contributed by atoms with E-state index in [2.05, 4.69) is 41.8 Å². The summed E-state index contributed by atoms with van der Waals surface area (Å²) in [6.45, 7) is 6.54. The lowest BCUT2D eigenvalue weighted by atomic mass is 9.87. The second-order valence-corrected chi connectivity index (χ2v) is 14.0. The summed E-state index contributed by atoms with van der Waals surface area (Å²) >= 11 is 0. The van der Waals surface area contributed by atoms with E-state index in [0.29, 0.717) is 13.0 Å². The highest BCUT2D eigenvalue weighted by Gasteiger charge is 2.63. The Morgan fingerprint density at radius 2 is 1.86 bits per heavy atom. The fraction of sp³-hybridized carbons (Fsp3) is 0.353. The van der Waals surface area contributed by atoms with Crippen molar-refractivity contribution in [2.45, 2.75) is 63.4 Å². The molecule has 1 fully saturated rings. The number of hydrogen-bond acceptors (Lipinski definition) is 4. The molecule has 7 nitrogen and oxygen atoms in total. The standard InChI is InChI=1S/C34H38N4O3S/c1-23-10-8-14-27(20-23)42(40,41)36-29-15-9-13-24-16-17-26(21-28(24)29)38(22-30-35-18-19-37(30)4)33(39)32-31(34(32,2)3)25-11-6-5-7-12-25/h5-8,10-12,14,16-21,29,31-32,36H,9,13,15,22H2,1-4H3/t29-,31+,32-/m0/s1. The van der Waals surface area contributed by atoms with Gasteiger partial charge in [-0.25, -0.2) is 18.1 Å². The molecule has 1 aromatic heterocycles. The number of fused-ring (bicyclic) bond motifs is 1. The van der Waals surface area contributed by atoms with Crippen LogP contribution in [-0.2, 0) is 34.8 Å². The van der Waals surface area contributed by atoms with Crippen LogP contribution in [0.2, 0.25) is 0 Å². The molecule has 2 aliphatic rings. The van der Waals surface area contributed by atoms with Crippen LogP contribution in [0.1, 0.15) is 66.7 Å². The molecule has 4 aromatic rings. The normalized spacial score (nSPS) is 21.0. The Morgan fingerprint density at radius 1 is 1.07 bits per heavy atom. The molecule has 0 bridgehead atoms.